The molecule has 16 heavy (non-hydrogen) atoms. The Morgan fingerprint density at radius 3 is 2.69 bits per heavy atom. The van der Waals surface area contributed by atoms with Crippen molar-refractivity contribution in [3.63, 3.8) is 0 Å². The van der Waals surface area contributed by atoms with E-state index in [0.717, 1.165) is 17.2 Å². The summed E-state index contributed by atoms with van der Waals surface area (Å²) in [5.41, 5.74) is 0. The Labute approximate surface area is 105 Å². The molecule has 2 aliphatic rings. The van der Waals surface area contributed by atoms with Gasteiger partial charge in [0, 0.05) is 11.3 Å². The Hall–Kier alpha value is 0.310. The molecule has 1 N–H and O–H groups in total. The van der Waals surface area contributed by atoms with E-state index in [1.807, 2.05) is 0 Å². The number of thioether (sulfide) groups is 1. The van der Waals surface area contributed by atoms with E-state index in [9.17, 15) is 0 Å². The molecule has 94 valence electrons. The lowest BCUT2D eigenvalue weighted by Gasteiger charge is -2.14. The maximum absolute atomic E-state index is 3.68. The zero-order chi connectivity index (χ0) is 11.2. The third-order valence-electron chi connectivity index (χ3n) is 4.11. The lowest BCUT2D eigenvalue weighted by Crippen LogP contribution is -2.27. The fourth-order valence-electron chi connectivity index (χ4n) is 3.07. The zero-order valence-corrected chi connectivity index (χ0v) is 11.5. The minimum Gasteiger partial charge on any atom is -0.314 e. The van der Waals surface area contributed by atoms with E-state index in [-0.39, 0.29) is 0 Å². The summed E-state index contributed by atoms with van der Waals surface area (Å²) in [7, 11) is 0. The molecule has 2 fully saturated rings. The van der Waals surface area contributed by atoms with Gasteiger partial charge in [0.15, 0.2) is 0 Å². The van der Waals surface area contributed by atoms with E-state index in [0.29, 0.717) is 0 Å². The van der Waals surface area contributed by atoms with Crippen molar-refractivity contribution >= 4 is 11.8 Å². The largest absolute Gasteiger partial charge is 0.314 e. The van der Waals surface area contributed by atoms with E-state index in [4.69, 9.17) is 0 Å². The van der Waals surface area contributed by atoms with E-state index in [2.05, 4.69) is 24.0 Å². The first-order valence-corrected chi connectivity index (χ1v) is 8.28. The highest BCUT2D eigenvalue weighted by atomic mass is 32.2. The number of nitrogens with one attached hydrogen (secondary N) is 1. The summed E-state index contributed by atoms with van der Waals surface area (Å²) in [4.78, 5) is 0. The van der Waals surface area contributed by atoms with Crippen LogP contribution in [0.4, 0.5) is 0 Å². The van der Waals surface area contributed by atoms with Crippen LogP contribution >= 0.6 is 11.8 Å². The van der Waals surface area contributed by atoms with Crippen molar-refractivity contribution in [1.29, 1.82) is 0 Å². The van der Waals surface area contributed by atoms with Crippen LogP contribution in [0.1, 0.15) is 58.3 Å². The molecule has 0 bridgehead atoms. The minimum atomic E-state index is 0.834. The second-order valence-corrected chi connectivity index (χ2v) is 6.90. The van der Waals surface area contributed by atoms with Gasteiger partial charge in [-0.3, -0.25) is 0 Å². The summed E-state index contributed by atoms with van der Waals surface area (Å²) in [5, 5.41) is 4.64. The minimum absolute atomic E-state index is 0.834. The summed E-state index contributed by atoms with van der Waals surface area (Å²) in [6, 6.07) is 0.834. The third-order valence-corrected chi connectivity index (χ3v) is 5.67. The molecule has 2 heteroatoms. The van der Waals surface area contributed by atoms with Gasteiger partial charge in [-0.25, -0.2) is 0 Å². The highest BCUT2D eigenvalue weighted by Crippen LogP contribution is 2.35. The van der Waals surface area contributed by atoms with Gasteiger partial charge in [-0.2, -0.15) is 11.8 Å². The van der Waals surface area contributed by atoms with Crippen LogP contribution in [0.15, 0.2) is 0 Å². The van der Waals surface area contributed by atoms with Crippen molar-refractivity contribution in [3.8, 4) is 0 Å². The van der Waals surface area contributed by atoms with Crippen molar-refractivity contribution in [3.05, 3.63) is 0 Å². The number of hydrogen-bond donors (Lipinski definition) is 1. The Balaban J connectivity index is 1.57. The molecule has 0 heterocycles. The average molecular weight is 241 g/mol. The van der Waals surface area contributed by atoms with Crippen LogP contribution in [-0.2, 0) is 0 Å². The Kier molecular flexibility index (Phi) is 5.51. The molecular formula is C14H27NS. The molecule has 0 saturated heterocycles. The SMILES string of the molecule is CCCNC1CCC(SCC2CCCC2)C1. The van der Waals surface area contributed by atoms with E-state index < -0.39 is 0 Å². The molecular weight excluding hydrogens is 214 g/mol. The summed E-state index contributed by atoms with van der Waals surface area (Å²) < 4.78 is 0. The highest BCUT2D eigenvalue weighted by molar-refractivity contribution is 7.99. The molecule has 2 atom stereocenters. The van der Waals surface area contributed by atoms with Gasteiger partial charge >= 0.3 is 0 Å². The predicted molar refractivity (Wildman–Crippen MR) is 74.1 cm³/mol. The zero-order valence-electron chi connectivity index (χ0n) is 10.7. The van der Waals surface area contributed by atoms with Crippen molar-refractivity contribution in [2.45, 2.75) is 69.6 Å². The molecule has 0 radical (unpaired) electrons. The standard InChI is InChI=1S/C14H27NS/c1-2-9-15-13-7-8-14(10-13)16-11-12-5-3-4-6-12/h12-15H,2-11H2,1H3. The van der Waals surface area contributed by atoms with Crippen molar-refractivity contribution < 1.29 is 0 Å². The summed E-state index contributed by atoms with van der Waals surface area (Å²) in [6.07, 6.45) is 11.6. The smallest absolute Gasteiger partial charge is 0.00779 e. The lowest BCUT2D eigenvalue weighted by atomic mass is 10.1. The Morgan fingerprint density at radius 2 is 1.94 bits per heavy atom. The number of rotatable bonds is 6. The van der Waals surface area contributed by atoms with Crippen LogP contribution in [0, 0.1) is 5.92 Å². The van der Waals surface area contributed by atoms with Crippen molar-refractivity contribution in [2.75, 3.05) is 12.3 Å². The van der Waals surface area contributed by atoms with Crippen LogP contribution in [-0.4, -0.2) is 23.6 Å². The van der Waals surface area contributed by atoms with Gasteiger partial charge in [0.2, 0.25) is 0 Å². The van der Waals surface area contributed by atoms with Gasteiger partial charge in [0.1, 0.15) is 0 Å². The fourth-order valence-corrected chi connectivity index (χ4v) is 4.62. The molecule has 2 aliphatic carbocycles. The van der Waals surface area contributed by atoms with Crippen LogP contribution < -0.4 is 5.32 Å². The van der Waals surface area contributed by atoms with Gasteiger partial charge in [-0.1, -0.05) is 19.8 Å². The first-order valence-electron chi connectivity index (χ1n) is 7.23. The maximum Gasteiger partial charge on any atom is 0.00779 e. The molecule has 0 aromatic heterocycles. The first kappa shape index (κ1) is 12.8. The second-order valence-electron chi connectivity index (χ2n) is 5.57. The average Bonchev–Trinajstić information content (AvgIpc) is 2.95. The Bertz CT molecular complexity index is 189. The monoisotopic (exact) mass is 241 g/mol. The van der Waals surface area contributed by atoms with Gasteiger partial charge in [-0.15, -0.1) is 0 Å². The van der Waals surface area contributed by atoms with Crippen LogP contribution in [0.2, 0.25) is 0 Å². The third kappa shape index (κ3) is 3.96. The van der Waals surface area contributed by atoms with Crippen LogP contribution in [0.3, 0.4) is 0 Å². The molecule has 0 aromatic carbocycles. The molecule has 0 aliphatic heterocycles. The summed E-state index contributed by atoms with van der Waals surface area (Å²) in [5.74, 6) is 2.51. The molecule has 2 unspecified atom stereocenters. The molecule has 2 saturated carbocycles. The van der Waals surface area contributed by atoms with Gasteiger partial charge in [0.05, 0.1) is 0 Å². The van der Waals surface area contributed by atoms with Gasteiger partial charge < -0.3 is 5.32 Å². The van der Waals surface area contributed by atoms with E-state index in [1.54, 1.807) is 0 Å². The maximum atomic E-state index is 3.68. The Morgan fingerprint density at radius 1 is 1.12 bits per heavy atom. The van der Waals surface area contributed by atoms with Crippen molar-refractivity contribution in [1.82, 2.24) is 5.32 Å². The predicted octanol–water partition coefficient (Wildman–Crippen LogP) is 3.83. The molecule has 1 nitrogen and oxygen atoms in total. The van der Waals surface area contributed by atoms with Crippen molar-refractivity contribution in [2.24, 2.45) is 5.92 Å². The van der Waals surface area contributed by atoms with Crippen LogP contribution in [0.25, 0.3) is 0 Å². The highest BCUT2D eigenvalue weighted by Gasteiger charge is 2.25. The van der Waals surface area contributed by atoms with Gasteiger partial charge in [0.25, 0.3) is 0 Å². The topological polar surface area (TPSA) is 12.0 Å². The molecule has 0 spiro atoms. The normalized spacial score (nSPS) is 31.3. The molecule has 2 rings (SSSR count). The fraction of sp³-hybridized carbons (Fsp3) is 1.00. The summed E-state index contributed by atoms with van der Waals surface area (Å²) in [6.45, 7) is 3.47. The lowest BCUT2D eigenvalue weighted by molar-refractivity contribution is 0.524. The number of hydrogen-bond acceptors (Lipinski definition) is 2. The van der Waals surface area contributed by atoms with E-state index in [1.165, 1.54) is 63.7 Å². The van der Waals surface area contributed by atoms with E-state index >= 15 is 0 Å². The van der Waals surface area contributed by atoms with Crippen LogP contribution in [0.5, 0.6) is 0 Å². The first-order chi connectivity index (χ1) is 7.88. The summed E-state index contributed by atoms with van der Waals surface area (Å²) >= 11 is 2.28. The second kappa shape index (κ2) is 6.90. The molecule has 0 aromatic rings. The quantitative estimate of drug-likeness (QED) is 0.758. The molecule has 0 amide bonds. The van der Waals surface area contributed by atoms with Gasteiger partial charge in [-0.05, 0) is 56.7 Å².